The van der Waals surface area contributed by atoms with Crippen LogP contribution >= 0.6 is 0 Å². The maximum Gasteiger partial charge on any atom is 0.251 e. The number of hydrogen-bond acceptors (Lipinski definition) is 5. The number of rotatable bonds is 5. The fourth-order valence-corrected chi connectivity index (χ4v) is 3.49. The number of ether oxygens (including phenoxy) is 4. The largest absolute Gasteiger partial charge is 0.493 e. The molecule has 138 valence electrons. The van der Waals surface area contributed by atoms with E-state index in [1.54, 1.807) is 26.4 Å². The predicted molar refractivity (Wildman–Crippen MR) is 93.7 cm³/mol. The smallest absolute Gasteiger partial charge is 0.251 e. The summed E-state index contributed by atoms with van der Waals surface area (Å²) in [5.41, 5.74) is 0.233. The molecule has 1 aromatic carbocycles. The number of benzene rings is 1. The van der Waals surface area contributed by atoms with Gasteiger partial charge in [0.05, 0.1) is 12.7 Å². The van der Waals surface area contributed by atoms with E-state index in [4.69, 9.17) is 18.9 Å². The Bertz CT molecular complexity index is 605. The van der Waals surface area contributed by atoms with Crippen LogP contribution in [-0.2, 0) is 4.74 Å². The number of hydrogen-bond donors (Lipinski definition) is 1. The third-order valence-electron chi connectivity index (χ3n) is 5.28. The first-order valence-electron chi connectivity index (χ1n) is 8.88. The molecule has 1 aliphatic heterocycles. The number of amides is 1. The first-order chi connectivity index (χ1) is 12.1. The van der Waals surface area contributed by atoms with E-state index < -0.39 is 0 Å². The SMILES string of the molecule is COc1cc(C(=O)NCC2(OC)CCC(C)CC2)cc2c1OCCO2. The minimum Gasteiger partial charge on any atom is -0.493 e. The van der Waals surface area contributed by atoms with Crippen LogP contribution in [-0.4, -0.2) is 45.5 Å². The quantitative estimate of drug-likeness (QED) is 0.885. The van der Waals surface area contributed by atoms with Gasteiger partial charge in [0.1, 0.15) is 13.2 Å². The van der Waals surface area contributed by atoms with E-state index in [0.29, 0.717) is 42.6 Å². The van der Waals surface area contributed by atoms with Gasteiger partial charge in [-0.25, -0.2) is 0 Å². The molecular formula is C19H27NO5. The summed E-state index contributed by atoms with van der Waals surface area (Å²) in [4.78, 5) is 12.6. The van der Waals surface area contributed by atoms with Crippen molar-refractivity contribution in [2.45, 2.75) is 38.2 Å². The molecule has 0 unspecified atom stereocenters. The van der Waals surface area contributed by atoms with Crippen molar-refractivity contribution >= 4 is 5.91 Å². The normalized spacial score (nSPS) is 25.3. The maximum atomic E-state index is 12.6. The van der Waals surface area contributed by atoms with Gasteiger partial charge in [-0.05, 0) is 43.7 Å². The first kappa shape index (κ1) is 17.9. The standard InChI is InChI=1S/C19H27NO5/c1-13-4-6-19(23-3,7-5-13)12-20-18(21)14-10-15(22-2)17-16(11-14)24-8-9-25-17/h10-11,13H,4-9,12H2,1-3H3,(H,20,21). The second-order valence-electron chi connectivity index (χ2n) is 6.96. The van der Waals surface area contributed by atoms with E-state index in [2.05, 4.69) is 12.2 Å². The zero-order chi connectivity index (χ0) is 17.9. The molecule has 0 atom stereocenters. The topological polar surface area (TPSA) is 66.0 Å². The molecule has 6 heteroatoms. The Morgan fingerprint density at radius 1 is 1.24 bits per heavy atom. The second-order valence-corrected chi connectivity index (χ2v) is 6.96. The van der Waals surface area contributed by atoms with Crippen LogP contribution in [0.4, 0.5) is 0 Å². The summed E-state index contributed by atoms with van der Waals surface area (Å²) in [5.74, 6) is 2.17. The van der Waals surface area contributed by atoms with Gasteiger partial charge >= 0.3 is 0 Å². The molecule has 0 saturated heterocycles. The Morgan fingerprint density at radius 2 is 1.96 bits per heavy atom. The Balaban J connectivity index is 1.71. The molecule has 2 aliphatic rings. The second kappa shape index (κ2) is 7.52. The molecule has 1 aliphatic carbocycles. The van der Waals surface area contributed by atoms with Gasteiger partial charge < -0.3 is 24.3 Å². The number of nitrogens with one attached hydrogen (secondary N) is 1. The lowest BCUT2D eigenvalue weighted by Crippen LogP contribution is -2.46. The lowest BCUT2D eigenvalue weighted by molar-refractivity contribution is -0.0446. The van der Waals surface area contributed by atoms with Crippen molar-refractivity contribution in [2.75, 3.05) is 34.0 Å². The fraction of sp³-hybridized carbons (Fsp3) is 0.632. The zero-order valence-electron chi connectivity index (χ0n) is 15.2. The molecule has 3 rings (SSSR count). The van der Waals surface area contributed by atoms with E-state index >= 15 is 0 Å². The van der Waals surface area contributed by atoms with Crippen molar-refractivity contribution in [3.05, 3.63) is 17.7 Å². The minimum atomic E-state index is -0.264. The number of methoxy groups -OCH3 is 2. The fourth-order valence-electron chi connectivity index (χ4n) is 3.49. The van der Waals surface area contributed by atoms with Crippen molar-refractivity contribution in [3.8, 4) is 17.2 Å². The summed E-state index contributed by atoms with van der Waals surface area (Å²) in [5, 5.41) is 3.02. The molecule has 0 aromatic heterocycles. The van der Waals surface area contributed by atoms with Gasteiger partial charge in [0, 0.05) is 19.2 Å². The highest BCUT2D eigenvalue weighted by molar-refractivity contribution is 5.95. The molecule has 0 bridgehead atoms. The number of fused-ring (bicyclic) bond motifs is 1. The lowest BCUT2D eigenvalue weighted by atomic mass is 9.79. The van der Waals surface area contributed by atoms with Crippen LogP contribution in [0, 0.1) is 5.92 Å². The zero-order valence-corrected chi connectivity index (χ0v) is 15.2. The summed E-state index contributed by atoms with van der Waals surface area (Å²) < 4.78 is 22.3. The van der Waals surface area contributed by atoms with E-state index in [1.807, 2.05) is 0 Å². The number of carbonyl (C=O) groups is 1. The van der Waals surface area contributed by atoms with Crippen LogP contribution in [0.15, 0.2) is 12.1 Å². The van der Waals surface area contributed by atoms with Crippen LogP contribution in [0.3, 0.4) is 0 Å². The highest BCUT2D eigenvalue weighted by atomic mass is 16.6. The van der Waals surface area contributed by atoms with Gasteiger partial charge in [0.15, 0.2) is 11.5 Å². The van der Waals surface area contributed by atoms with Gasteiger partial charge in [-0.15, -0.1) is 0 Å². The Morgan fingerprint density at radius 3 is 2.64 bits per heavy atom. The average molecular weight is 349 g/mol. The molecule has 1 heterocycles. The summed E-state index contributed by atoms with van der Waals surface area (Å²) in [7, 11) is 3.29. The summed E-state index contributed by atoms with van der Waals surface area (Å²) >= 11 is 0. The van der Waals surface area contributed by atoms with Gasteiger partial charge in [-0.2, -0.15) is 0 Å². The molecule has 1 fully saturated rings. The van der Waals surface area contributed by atoms with Gasteiger partial charge in [-0.3, -0.25) is 4.79 Å². The van der Waals surface area contributed by atoms with Gasteiger partial charge in [0.25, 0.3) is 5.91 Å². The molecule has 25 heavy (non-hydrogen) atoms. The summed E-state index contributed by atoms with van der Waals surface area (Å²) in [6.45, 7) is 3.71. The first-order valence-corrected chi connectivity index (χ1v) is 8.88. The van der Waals surface area contributed by atoms with Crippen LogP contribution in [0.25, 0.3) is 0 Å². The molecule has 0 spiro atoms. The van der Waals surface area contributed by atoms with E-state index in [9.17, 15) is 4.79 Å². The van der Waals surface area contributed by atoms with Crippen molar-refractivity contribution < 1.29 is 23.7 Å². The average Bonchev–Trinajstić information content (AvgIpc) is 2.66. The maximum absolute atomic E-state index is 12.6. The molecule has 1 saturated carbocycles. The van der Waals surface area contributed by atoms with E-state index in [1.165, 1.54) is 0 Å². The van der Waals surface area contributed by atoms with Crippen LogP contribution in [0.2, 0.25) is 0 Å². The molecule has 1 aromatic rings. The van der Waals surface area contributed by atoms with Crippen molar-refractivity contribution in [2.24, 2.45) is 5.92 Å². The Labute approximate surface area is 148 Å². The molecule has 1 N–H and O–H groups in total. The predicted octanol–water partition coefficient (Wildman–Crippen LogP) is 2.79. The lowest BCUT2D eigenvalue weighted by Gasteiger charge is -2.38. The molecular weight excluding hydrogens is 322 g/mol. The molecule has 0 radical (unpaired) electrons. The third kappa shape index (κ3) is 3.84. The Hall–Kier alpha value is -1.95. The summed E-state index contributed by atoms with van der Waals surface area (Å²) in [6, 6.07) is 3.39. The Kier molecular flexibility index (Phi) is 5.37. The van der Waals surface area contributed by atoms with Crippen molar-refractivity contribution in [1.29, 1.82) is 0 Å². The summed E-state index contributed by atoms with van der Waals surface area (Å²) in [6.07, 6.45) is 4.19. The number of carbonyl (C=O) groups excluding carboxylic acids is 1. The van der Waals surface area contributed by atoms with Crippen molar-refractivity contribution in [1.82, 2.24) is 5.32 Å². The van der Waals surface area contributed by atoms with Gasteiger partial charge in [-0.1, -0.05) is 6.92 Å². The highest BCUT2D eigenvalue weighted by Gasteiger charge is 2.34. The van der Waals surface area contributed by atoms with E-state index in [0.717, 1.165) is 31.6 Å². The van der Waals surface area contributed by atoms with Crippen molar-refractivity contribution in [3.63, 3.8) is 0 Å². The minimum absolute atomic E-state index is 0.162. The van der Waals surface area contributed by atoms with Crippen LogP contribution in [0.1, 0.15) is 43.0 Å². The molecule has 6 nitrogen and oxygen atoms in total. The third-order valence-corrected chi connectivity index (χ3v) is 5.28. The highest BCUT2D eigenvalue weighted by Crippen LogP contribution is 2.40. The van der Waals surface area contributed by atoms with Crippen LogP contribution in [0.5, 0.6) is 17.2 Å². The van der Waals surface area contributed by atoms with E-state index in [-0.39, 0.29) is 11.5 Å². The van der Waals surface area contributed by atoms with Crippen LogP contribution < -0.4 is 19.5 Å². The molecule has 1 amide bonds. The van der Waals surface area contributed by atoms with Gasteiger partial charge in [0.2, 0.25) is 5.75 Å². The monoisotopic (exact) mass is 349 g/mol.